The second kappa shape index (κ2) is 6.52. The number of rotatable bonds is 4. The van der Waals surface area contributed by atoms with Crippen LogP contribution in [0.2, 0.25) is 0 Å². The first-order chi connectivity index (χ1) is 11.8. The van der Waals surface area contributed by atoms with E-state index in [2.05, 4.69) is 13.8 Å². The third kappa shape index (κ3) is 3.09. The van der Waals surface area contributed by atoms with Crippen LogP contribution in [0.25, 0.3) is 0 Å². The molecule has 1 aromatic rings. The SMILES string of the molecule is [3H]C1C(=O)C(CC(C)C)CN2CCc3cc(OC)c(OC)cc3C12[3H]. The largest absolute Gasteiger partial charge is 0.493 e. The lowest BCUT2D eigenvalue weighted by molar-refractivity contribution is -0.129. The van der Waals surface area contributed by atoms with Gasteiger partial charge in [0.2, 0.25) is 0 Å². The average Bonchev–Trinajstić information content (AvgIpc) is 2.59. The molecule has 0 bridgehead atoms. The summed E-state index contributed by atoms with van der Waals surface area (Å²) < 4.78 is 28.4. The van der Waals surface area contributed by atoms with Crippen molar-refractivity contribution < 1.29 is 17.0 Å². The third-order valence-corrected chi connectivity index (χ3v) is 4.76. The van der Waals surface area contributed by atoms with E-state index >= 15 is 0 Å². The van der Waals surface area contributed by atoms with Crippen LogP contribution in [0.5, 0.6) is 11.5 Å². The Bertz CT molecular complexity index is 679. The number of carbonyl (C=O) groups is 1. The summed E-state index contributed by atoms with van der Waals surface area (Å²) in [6.07, 6.45) is 0.452. The van der Waals surface area contributed by atoms with Crippen molar-refractivity contribution >= 4 is 5.78 Å². The summed E-state index contributed by atoms with van der Waals surface area (Å²) in [5.74, 6) is 1.31. The number of piperidine rings is 1. The lowest BCUT2D eigenvalue weighted by atomic mass is 9.80. The molecule has 4 heteroatoms. The number of carbonyl (C=O) groups excluding carboxylic acids is 1. The molecule has 1 saturated heterocycles. The third-order valence-electron chi connectivity index (χ3n) is 4.76. The van der Waals surface area contributed by atoms with Crippen LogP contribution >= 0.6 is 0 Å². The van der Waals surface area contributed by atoms with Crippen LogP contribution in [0.4, 0.5) is 0 Å². The Labute approximate surface area is 141 Å². The van der Waals surface area contributed by atoms with Gasteiger partial charge >= 0.3 is 0 Å². The van der Waals surface area contributed by atoms with Crippen molar-refractivity contribution in [1.82, 2.24) is 4.90 Å². The lowest BCUT2D eigenvalue weighted by Crippen LogP contribution is -2.46. The van der Waals surface area contributed by atoms with Gasteiger partial charge in [-0.05, 0) is 42.0 Å². The molecule has 2 aliphatic rings. The highest BCUT2D eigenvalue weighted by atomic mass is 16.5. The monoisotopic (exact) mass is 321 g/mol. The molecule has 0 aromatic heterocycles. The molecule has 1 fully saturated rings. The predicted molar refractivity (Wildman–Crippen MR) is 90.1 cm³/mol. The number of benzene rings is 1. The van der Waals surface area contributed by atoms with Crippen LogP contribution in [0.1, 0.15) is 46.6 Å². The topological polar surface area (TPSA) is 38.8 Å². The highest BCUT2D eigenvalue weighted by Crippen LogP contribution is 2.42. The molecular formula is C19H27NO3. The Morgan fingerprint density at radius 1 is 1.35 bits per heavy atom. The van der Waals surface area contributed by atoms with Gasteiger partial charge < -0.3 is 9.47 Å². The molecule has 2 heterocycles. The summed E-state index contributed by atoms with van der Waals surface area (Å²) in [7, 11) is 3.15. The zero-order valence-electron chi connectivity index (χ0n) is 16.4. The van der Waals surface area contributed by atoms with Crippen molar-refractivity contribution in [2.24, 2.45) is 11.8 Å². The summed E-state index contributed by atoms with van der Waals surface area (Å²) in [6, 6.07) is 2.32. The number of hydrogen-bond acceptors (Lipinski definition) is 4. The summed E-state index contributed by atoms with van der Waals surface area (Å²) in [4.78, 5) is 14.8. The fraction of sp³-hybridized carbons (Fsp3) is 0.632. The maximum atomic E-state index is 12.8. The fourth-order valence-electron chi connectivity index (χ4n) is 3.64. The van der Waals surface area contributed by atoms with Crippen molar-refractivity contribution in [3.8, 4) is 11.5 Å². The maximum absolute atomic E-state index is 12.8. The van der Waals surface area contributed by atoms with Crippen molar-refractivity contribution in [3.63, 3.8) is 0 Å². The first-order valence-electron chi connectivity index (χ1n) is 9.37. The minimum absolute atomic E-state index is 0.109. The average molecular weight is 321 g/mol. The van der Waals surface area contributed by atoms with Crippen LogP contribution in [-0.4, -0.2) is 38.0 Å². The molecule has 23 heavy (non-hydrogen) atoms. The van der Waals surface area contributed by atoms with Gasteiger partial charge in [0.25, 0.3) is 0 Å². The number of ether oxygens (including phenoxy) is 2. The second-order valence-corrected chi connectivity index (χ2v) is 6.82. The van der Waals surface area contributed by atoms with Crippen LogP contribution in [0.15, 0.2) is 12.1 Å². The minimum Gasteiger partial charge on any atom is -0.493 e. The Hall–Kier alpha value is -1.55. The van der Waals surface area contributed by atoms with Crippen molar-refractivity contribution in [3.05, 3.63) is 23.3 Å². The van der Waals surface area contributed by atoms with E-state index in [1.165, 1.54) is 0 Å². The molecule has 4 nitrogen and oxygen atoms in total. The molecule has 0 N–H and O–H groups in total. The van der Waals surface area contributed by atoms with Gasteiger partial charge in [-0.2, -0.15) is 0 Å². The Balaban J connectivity index is 2.04. The number of hydrogen-bond donors (Lipinski definition) is 0. The van der Waals surface area contributed by atoms with Gasteiger partial charge in [-0.15, -0.1) is 0 Å². The van der Waals surface area contributed by atoms with Gasteiger partial charge in [-0.3, -0.25) is 9.69 Å². The number of fused-ring (bicyclic) bond motifs is 3. The van der Waals surface area contributed by atoms with E-state index in [1.54, 1.807) is 20.3 Å². The van der Waals surface area contributed by atoms with Crippen LogP contribution in [0, 0.1) is 11.8 Å². The van der Waals surface area contributed by atoms with Crippen LogP contribution < -0.4 is 9.47 Å². The number of Topliss-reactive ketones (excluding diaryl/α,β-unsaturated/α-hetero) is 1. The van der Waals surface area contributed by atoms with E-state index in [-0.39, 0.29) is 11.7 Å². The van der Waals surface area contributed by atoms with E-state index in [1.807, 2.05) is 11.0 Å². The zero-order chi connectivity index (χ0) is 18.4. The standard InChI is InChI=1S/C19H27NO3/c1-12(2)7-14-11-20-6-5-13-8-18(22-3)19(23-4)9-15(13)16(20)10-17(14)21/h8-9,12,14,16H,5-7,10-11H2,1-4H3/i10T,16T. The quantitative estimate of drug-likeness (QED) is 0.853. The van der Waals surface area contributed by atoms with Gasteiger partial charge in [-0.1, -0.05) is 13.8 Å². The first-order valence-corrected chi connectivity index (χ1v) is 8.29. The summed E-state index contributed by atoms with van der Waals surface area (Å²) in [5.41, 5.74) is 1.67. The Kier molecular flexibility index (Phi) is 3.93. The van der Waals surface area contributed by atoms with E-state index in [4.69, 9.17) is 12.2 Å². The van der Waals surface area contributed by atoms with Gasteiger partial charge in [-0.25, -0.2) is 0 Å². The molecule has 0 amide bonds. The van der Waals surface area contributed by atoms with Crippen molar-refractivity contribution in [2.75, 3.05) is 27.3 Å². The van der Waals surface area contributed by atoms with Crippen molar-refractivity contribution in [2.45, 2.75) is 39.1 Å². The lowest BCUT2D eigenvalue weighted by Gasteiger charge is -2.43. The number of ketones is 1. The van der Waals surface area contributed by atoms with Crippen molar-refractivity contribution in [1.29, 1.82) is 0 Å². The predicted octanol–water partition coefficient (Wildman–Crippen LogP) is 3.24. The van der Waals surface area contributed by atoms with Crippen LogP contribution in [-0.2, 0) is 11.2 Å². The fourth-order valence-corrected chi connectivity index (χ4v) is 3.64. The zero-order valence-corrected chi connectivity index (χ0v) is 14.4. The molecule has 126 valence electrons. The van der Waals surface area contributed by atoms with Gasteiger partial charge in [0.1, 0.15) is 5.78 Å². The molecule has 0 radical (unpaired) electrons. The summed E-state index contributed by atoms with van der Waals surface area (Å²) in [5, 5.41) is 0. The van der Waals surface area contributed by atoms with Gasteiger partial charge in [0.05, 0.1) is 15.6 Å². The normalized spacial score (nSPS) is 32.0. The molecule has 2 aliphatic heterocycles. The molecule has 3 rings (SSSR count). The highest BCUT2D eigenvalue weighted by molar-refractivity contribution is 5.83. The van der Waals surface area contributed by atoms with E-state index in [0.29, 0.717) is 36.1 Å². The highest BCUT2D eigenvalue weighted by Gasteiger charge is 2.38. The first kappa shape index (κ1) is 13.8. The van der Waals surface area contributed by atoms with E-state index in [9.17, 15) is 4.79 Å². The smallest absolute Gasteiger partial charge is 0.161 e. The molecule has 0 saturated carbocycles. The molecular weight excluding hydrogens is 290 g/mol. The molecule has 3 unspecified atom stereocenters. The maximum Gasteiger partial charge on any atom is 0.161 e. The minimum atomic E-state index is -1.35. The van der Waals surface area contributed by atoms with E-state index in [0.717, 1.165) is 18.4 Å². The Morgan fingerprint density at radius 3 is 2.70 bits per heavy atom. The molecule has 3 atom stereocenters. The molecule has 0 spiro atoms. The Morgan fingerprint density at radius 2 is 2.04 bits per heavy atom. The summed E-state index contributed by atoms with van der Waals surface area (Å²) in [6.45, 7) is 5.43. The van der Waals surface area contributed by atoms with Gasteiger partial charge in [0.15, 0.2) is 11.5 Å². The molecule has 0 aliphatic carbocycles. The van der Waals surface area contributed by atoms with Crippen LogP contribution in [0.3, 0.4) is 0 Å². The van der Waals surface area contributed by atoms with E-state index < -0.39 is 12.4 Å². The summed E-state index contributed by atoms with van der Waals surface area (Å²) >= 11 is 0. The second-order valence-electron chi connectivity index (χ2n) is 6.82. The molecule has 1 aromatic carbocycles. The number of methoxy groups -OCH3 is 2. The number of nitrogens with zero attached hydrogens (tertiary/aromatic N) is 1. The van der Waals surface area contributed by atoms with Gasteiger partial charge in [0, 0.05) is 32.8 Å².